The number of aryl methyl sites for hydroxylation is 1. The van der Waals surface area contributed by atoms with Gasteiger partial charge in [-0.15, -0.1) is 0 Å². The minimum Gasteiger partial charge on any atom is -0.496 e. The molecule has 0 bridgehead atoms. The summed E-state index contributed by atoms with van der Waals surface area (Å²) in [5.74, 6) is 0.414. The SMILES string of the molecule is COc1cc(C)c(S(=O)(=O)N[C@@H](Cc2ccc(Cl)cc2)C(=O)N2CCN(C)CC2)c(C)c1C. The number of nitrogens with one attached hydrogen (secondary N) is 1. The number of amides is 1. The second kappa shape index (κ2) is 10.4. The number of halogens is 1. The highest BCUT2D eigenvalue weighted by atomic mass is 35.5. The van der Waals surface area contributed by atoms with Crippen LogP contribution in [0.4, 0.5) is 0 Å². The first-order valence-electron chi connectivity index (χ1n) is 10.9. The molecule has 1 aliphatic heterocycles. The minimum atomic E-state index is -3.98. The van der Waals surface area contributed by atoms with E-state index in [9.17, 15) is 13.2 Å². The van der Waals surface area contributed by atoms with Crippen molar-refractivity contribution in [1.82, 2.24) is 14.5 Å². The Morgan fingerprint density at radius 2 is 1.70 bits per heavy atom. The summed E-state index contributed by atoms with van der Waals surface area (Å²) in [5.41, 5.74) is 2.76. The molecule has 1 atom stereocenters. The lowest BCUT2D eigenvalue weighted by Gasteiger charge is -2.35. The molecule has 1 aliphatic rings. The summed E-state index contributed by atoms with van der Waals surface area (Å²) in [6, 6.07) is 7.89. The second-order valence-corrected chi connectivity index (χ2v) is 10.7. The molecular formula is C24H32ClN3O4S. The number of carbonyl (C=O) groups is 1. The Morgan fingerprint density at radius 3 is 2.27 bits per heavy atom. The van der Waals surface area contributed by atoms with E-state index in [2.05, 4.69) is 9.62 Å². The maximum atomic E-state index is 13.6. The predicted molar refractivity (Wildman–Crippen MR) is 131 cm³/mol. The van der Waals surface area contributed by atoms with Crippen molar-refractivity contribution >= 4 is 27.5 Å². The van der Waals surface area contributed by atoms with Crippen molar-refractivity contribution in [3.05, 3.63) is 57.6 Å². The molecule has 0 aromatic heterocycles. The third-order valence-electron chi connectivity index (χ3n) is 6.23. The first kappa shape index (κ1) is 25.5. The van der Waals surface area contributed by atoms with Crippen LogP contribution in [0.15, 0.2) is 35.2 Å². The topological polar surface area (TPSA) is 78.9 Å². The molecule has 0 unspecified atom stereocenters. The van der Waals surface area contributed by atoms with E-state index in [0.29, 0.717) is 35.0 Å². The number of ether oxygens (including phenoxy) is 1. The summed E-state index contributed by atoms with van der Waals surface area (Å²) in [6.45, 7) is 7.95. The van der Waals surface area contributed by atoms with Gasteiger partial charge in [0.25, 0.3) is 0 Å². The van der Waals surface area contributed by atoms with Crippen molar-refractivity contribution in [1.29, 1.82) is 0 Å². The first-order chi connectivity index (χ1) is 15.5. The van der Waals surface area contributed by atoms with Gasteiger partial charge in [0.15, 0.2) is 0 Å². The number of rotatable bonds is 7. The van der Waals surface area contributed by atoms with Crippen LogP contribution in [0.5, 0.6) is 5.75 Å². The highest BCUT2D eigenvalue weighted by Crippen LogP contribution is 2.30. The zero-order valence-corrected chi connectivity index (χ0v) is 21.4. The molecule has 1 saturated heterocycles. The van der Waals surface area contributed by atoms with Gasteiger partial charge in [-0.25, -0.2) is 8.42 Å². The molecule has 0 spiro atoms. The van der Waals surface area contributed by atoms with Gasteiger partial charge in [0.05, 0.1) is 12.0 Å². The van der Waals surface area contributed by atoms with E-state index < -0.39 is 16.1 Å². The monoisotopic (exact) mass is 493 g/mol. The molecule has 1 N–H and O–H groups in total. The van der Waals surface area contributed by atoms with Crippen molar-refractivity contribution in [3.63, 3.8) is 0 Å². The molecule has 7 nitrogen and oxygen atoms in total. The molecule has 33 heavy (non-hydrogen) atoms. The van der Waals surface area contributed by atoms with Crippen molar-refractivity contribution in [2.45, 2.75) is 38.1 Å². The Labute approximate surface area is 201 Å². The molecular weight excluding hydrogens is 462 g/mol. The highest BCUT2D eigenvalue weighted by Gasteiger charge is 2.32. The van der Waals surface area contributed by atoms with Crippen molar-refractivity contribution < 1.29 is 17.9 Å². The largest absolute Gasteiger partial charge is 0.496 e. The molecule has 1 heterocycles. The number of sulfonamides is 1. The van der Waals surface area contributed by atoms with Crippen molar-refractivity contribution in [3.8, 4) is 5.75 Å². The lowest BCUT2D eigenvalue weighted by Crippen LogP contribution is -2.55. The number of piperazine rings is 1. The van der Waals surface area contributed by atoms with Gasteiger partial charge in [0.1, 0.15) is 11.8 Å². The number of likely N-dealkylation sites (N-methyl/N-ethyl adjacent to an activating group) is 1. The quantitative estimate of drug-likeness (QED) is 0.641. The van der Waals surface area contributed by atoms with Crippen LogP contribution in [0.3, 0.4) is 0 Å². The number of hydrogen-bond acceptors (Lipinski definition) is 5. The normalized spacial score (nSPS) is 16.0. The summed E-state index contributed by atoms with van der Waals surface area (Å²) >= 11 is 6.01. The van der Waals surface area contributed by atoms with Crippen LogP contribution >= 0.6 is 11.6 Å². The number of nitrogens with zero attached hydrogens (tertiary/aromatic N) is 2. The van der Waals surface area contributed by atoms with Gasteiger partial charge in [-0.05, 0) is 74.7 Å². The van der Waals surface area contributed by atoms with E-state index in [1.165, 1.54) is 0 Å². The standard InChI is InChI=1S/C24H32ClN3O4S/c1-16-14-22(32-5)17(2)18(3)23(16)33(30,31)26-21(15-19-6-8-20(25)9-7-19)24(29)28-12-10-27(4)11-13-28/h6-9,14,21,26H,10-13,15H2,1-5H3/t21-/m0/s1. The summed E-state index contributed by atoms with van der Waals surface area (Å²) in [6.07, 6.45) is 0.231. The molecule has 0 radical (unpaired) electrons. The van der Waals surface area contributed by atoms with Crippen LogP contribution in [0, 0.1) is 20.8 Å². The van der Waals surface area contributed by atoms with Gasteiger partial charge < -0.3 is 14.5 Å². The van der Waals surface area contributed by atoms with Gasteiger partial charge in [0, 0.05) is 31.2 Å². The molecule has 2 aromatic rings. The highest BCUT2D eigenvalue weighted by molar-refractivity contribution is 7.89. The van der Waals surface area contributed by atoms with E-state index in [0.717, 1.165) is 24.2 Å². The van der Waals surface area contributed by atoms with Gasteiger partial charge in [-0.3, -0.25) is 4.79 Å². The Bertz CT molecular complexity index is 1110. The van der Waals surface area contributed by atoms with Gasteiger partial charge in [-0.1, -0.05) is 23.7 Å². The van der Waals surface area contributed by atoms with Crippen LogP contribution in [-0.2, 0) is 21.2 Å². The zero-order chi connectivity index (χ0) is 24.3. The molecule has 0 saturated carbocycles. The van der Waals surface area contributed by atoms with Crippen molar-refractivity contribution in [2.24, 2.45) is 0 Å². The minimum absolute atomic E-state index is 0.188. The summed E-state index contributed by atoms with van der Waals surface area (Å²) in [5, 5.41) is 0.584. The lowest BCUT2D eigenvalue weighted by molar-refractivity contribution is -0.134. The maximum Gasteiger partial charge on any atom is 0.241 e. The van der Waals surface area contributed by atoms with Crippen LogP contribution in [0.2, 0.25) is 5.02 Å². The molecule has 9 heteroatoms. The maximum absolute atomic E-state index is 13.6. The molecule has 0 aliphatic carbocycles. The van der Waals surface area contributed by atoms with E-state index in [1.807, 2.05) is 26.1 Å². The molecule has 1 amide bonds. The van der Waals surface area contributed by atoms with Gasteiger partial charge in [-0.2, -0.15) is 4.72 Å². The number of methoxy groups -OCH3 is 1. The smallest absolute Gasteiger partial charge is 0.241 e. The fraction of sp³-hybridized carbons (Fsp3) is 0.458. The fourth-order valence-electron chi connectivity index (χ4n) is 4.18. The number of benzene rings is 2. The molecule has 2 aromatic carbocycles. The number of hydrogen-bond donors (Lipinski definition) is 1. The summed E-state index contributed by atoms with van der Waals surface area (Å²) in [4.78, 5) is 17.5. The van der Waals surface area contributed by atoms with Crippen LogP contribution in [-0.4, -0.2) is 70.5 Å². The third-order valence-corrected chi connectivity index (χ3v) is 8.24. The summed E-state index contributed by atoms with van der Waals surface area (Å²) in [7, 11) is -0.413. The fourth-order valence-corrected chi connectivity index (χ4v) is 6.02. The summed E-state index contributed by atoms with van der Waals surface area (Å²) < 4.78 is 35.2. The predicted octanol–water partition coefficient (Wildman–Crippen LogP) is 2.94. The van der Waals surface area contributed by atoms with Gasteiger partial charge >= 0.3 is 0 Å². The number of carbonyl (C=O) groups excluding carboxylic acids is 1. The molecule has 1 fully saturated rings. The van der Waals surface area contributed by atoms with E-state index in [4.69, 9.17) is 16.3 Å². The van der Waals surface area contributed by atoms with E-state index >= 15 is 0 Å². The lowest BCUT2D eigenvalue weighted by atomic mass is 10.1. The molecule has 3 rings (SSSR count). The van der Waals surface area contributed by atoms with Gasteiger partial charge in [0.2, 0.25) is 15.9 Å². The van der Waals surface area contributed by atoms with E-state index in [1.54, 1.807) is 44.1 Å². The van der Waals surface area contributed by atoms with Crippen molar-refractivity contribution in [2.75, 3.05) is 40.3 Å². The average molecular weight is 494 g/mol. The second-order valence-electron chi connectivity index (χ2n) is 8.61. The van der Waals surface area contributed by atoms with Crippen LogP contribution in [0.1, 0.15) is 22.3 Å². The Morgan fingerprint density at radius 1 is 1.09 bits per heavy atom. The Balaban J connectivity index is 1.95. The molecule has 180 valence electrons. The van der Waals surface area contributed by atoms with E-state index in [-0.39, 0.29) is 17.2 Å². The average Bonchev–Trinajstić information content (AvgIpc) is 2.77. The zero-order valence-electron chi connectivity index (χ0n) is 19.8. The Kier molecular flexibility index (Phi) is 8.05. The van der Waals surface area contributed by atoms with Crippen LogP contribution < -0.4 is 9.46 Å². The Hall–Kier alpha value is -2.13. The third kappa shape index (κ3) is 5.87. The van der Waals surface area contributed by atoms with Crippen LogP contribution in [0.25, 0.3) is 0 Å². The first-order valence-corrected chi connectivity index (χ1v) is 12.8.